The summed E-state index contributed by atoms with van der Waals surface area (Å²) in [6.07, 6.45) is 0.463. The summed E-state index contributed by atoms with van der Waals surface area (Å²) in [7, 11) is 0. The van der Waals surface area contributed by atoms with E-state index in [0.29, 0.717) is 6.42 Å². The van der Waals surface area contributed by atoms with Gasteiger partial charge in [0.2, 0.25) is 5.91 Å². The minimum Gasteiger partial charge on any atom is -0.348 e. The van der Waals surface area contributed by atoms with E-state index in [0.717, 1.165) is 0 Å². The first-order chi connectivity index (χ1) is 8.38. The van der Waals surface area contributed by atoms with Crippen LogP contribution in [-0.4, -0.2) is 30.3 Å². The van der Waals surface area contributed by atoms with Crippen LogP contribution in [0.1, 0.15) is 54.9 Å². The zero-order valence-electron chi connectivity index (χ0n) is 13.0. The van der Waals surface area contributed by atoms with Crippen LogP contribution >= 0.6 is 0 Å². The molecule has 0 spiro atoms. The van der Waals surface area contributed by atoms with Crippen molar-refractivity contribution in [2.45, 2.75) is 67.0 Å². The van der Waals surface area contributed by atoms with E-state index in [1.165, 1.54) is 0 Å². The minimum atomic E-state index is -0.232. The number of rotatable bonds is 7. The molecule has 0 saturated heterocycles. The SMILES string of the molecule is CC.CCC(=O)CNC(=O)C(NC(C)C)C(C)C. The van der Waals surface area contributed by atoms with Crippen LogP contribution in [-0.2, 0) is 9.59 Å². The highest BCUT2D eigenvalue weighted by atomic mass is 16.2. The summed E-state index contributed by atoms with van der Waals surface area (Å²) in [6, 6.07) is 0.0182. The summed E-state index contributed by atoms with van der Waals surface area (Å²) in [5.74, 6) is 0.171. The zero-order chi connectivity index (χ0) is 14.7. The van der Waals surface area contributed by atoms with Crippen LogP contribution in [0, 0.1) is 5.92 Å². The van der Waals surface area contributed by atoms with Crippen LogP contribution in [0.2, 0.25) is 0 Å². The van der Waals surface area contributed by atoms with Crippen molar-refractivity contribution in [2.24, 2.45) is 5.92 Å². The topological polar surface area (TPSA) is 58.2 Å². The van der Waals surface area contributed by atoms with Gasteiger partial charge in [0.25, 0.3) is 0 Å². The van der Waals surface area contributed by atoms with Gasteiger partial charge in [-0.1, -0.05) is 48.5 Å². The summed E-state index contributed by atoms with van der Waals surface area (Å²) in [5, 5.41) is 5.87. The molecule has 4 heteroatoms. The molecule has 0 aliphatic rings. The maximum absolute atomic E-state index is 11.8. The molecule has 0 aliphatic carbocycles. The summed E-state index contributed by atoms with van der Waals surface area (Å²) >= 11 is 0. The third-order valence-corrected chi connectivity index (χ3v) is 2.32. The average Bonchev–Trinajstić information content (AvgIpc) is 2.34. The molecule has 2 N–H and O–H groups in total. The summed E-state index contributed by atoms with van der Waals surface area (Å²) in [4.78, 5) is 22.9. The number of carbonyl (C=O) groups excluding carboxylic acids is 2. The normalized spacial score (nSPS) is 11.8. The Hall–Kier alpha value is -0.900. The van der Waals surface area contributed by atoms with Gasteiger partial charge in [-0.05, 0) is 5.92 Å². The van der Waals surface area contributed by atoms with Crippen molar-refractivity contribution in [3.8, 4) is 0 Å². The van der Waals surface area contributed by atoms with E-state index in [9.17, 15) is 9.59 Å². The Morgan fingerprint density at radius 2 is 1.56 bits per heavy atom. The predicted octanol–water partition coefficient (Wildman–Crippen LogP) is 2.13. The molecule has 0 aromatic carbocycles. The Morgan fingerprint density at radius 3 is 1.89 bits per heavy atom. The number of Topliss-reactive ketones (excluding diaryl/α,β-unsaturated/α-hetero) is 1. The molecule has 0 aromatic heterocycles. The van der Waals surface area contributed by atoms with E-state index in [1.807, 2.05) is 41.5 Å². The summed E-state index contributed by atoms with van der Waals surface area (Å²) < 4.78 is 0. The first kappa shape index (κ1) is 19.4. The highest BCUT2D eigenvalue weighted by Crippen LogP contribution is 2.03. The molecule has 0 radical (unpaired) electrons. The van der Waals surface area contributed by atoms with Gasteiger partial charge >= 0.3 is 0 Å². The van der Waals surface area contributed by atoms with E-state index in [4.69, 9.17) is 0 Å². The fraction of sp³-hybridized carbons (Fsp3) is 0.857. The number of hydrogen-bond acceptors (Lipinski definition) is 3. The van der Waals surface area contributed by atoms with Crippen LogP contribution < -0.4 is 10.6 Å². The van der Waals surface area contributed by atoms with Gasteiger partial charge in [-0.2, -0.15) is 0 Å². The zero-order valence-corrected chi connectivity index (χ0v) is 13.0. The second kappa shape index (κ2) is 11.2. The fourth-order valence-electron chi connectivity index (χ4n) is 1.35. The Morgan fingerprint density at radius 1 is 1.06 bits per heavy atom. The lowest BCUT2D eigenvalue weighted by Crippen LogP contribution is -2.50. The predicted molar refractivity (Wildman–Crippen MR) is 76.6 cm³/mol. The average molecular weight is 258 g/mol. The molecule has 0 aromatic rings. The Labute approximate surface area is 112 Å². The van der Waals surface area contributed by atoms with Crippen molar-refractivity contribution in [1.82, 2.24) is 10.6 Å². The molecule has 0 aliphatic heterocycles. The highest BCUT2D eigenvalue weighted by molar-refractivity contribution is 5.88. The molecule has 4 nitrogen and oxygen atoms in total. The quantitative estimate of drug-likeness (QED) is 0.735. The molecular weight excluding hydrogens is 228 g/mol. The van der Waals surface area contributed by atoms with E-state index in [-0.39, 0.29) is 36.2 Å². The maximum Gasteiger partial charge on any atom is 0.237 e. The van der Waals surface area contributed by atoms with Crippen LogP contribution in [0.3, 0.4) is 0 Å². The van der Waals surface area contributed by atoms with Crippen molar-refractivity contribution in [1.29, 1.82) is 0 Å². The van der Waals surface area contributed by atoms with Gasteiger partial charge < -0.3 is 10.6 Å². The minimum absolute atomic E-state index is 0.0559. The van der Waals surface area contributed by atoms with E-state index in [1.54, 1.807) is 6.92 Å². The number of hydrogen-bond donors (Lipinski definition) is 2. The van der Waals surface area contributed by atoms with Gasteiger partial charge in [0.15, 0.2) is 5.78 Å². The molecule has 0 fully saturated rings. The molecule has 0 bridgehead atoms. The summed E-state index contributed by atoms with van der Waals surface area (Å²) in [5.41, 5.74) is 0. The summed E-state index contributed by atoms with van der Waals surface area (Å²) in [6.45, 7) is 13.9. The van der Waals surface area contributed by atoms with Gasteiger partial charge in [-0.25, -0.2) is 0 Å². The molecule has 0 saturated carbocycles. The van der Waals surface area contributed by atoms with Gasteiger partial charge in [0.05, 0.1) is 12.6 Å². The van der Waals surface area contributed by atoms with Gasteiger partial charge in [0, 0.05) is 12.5 Å². The van der Waals surface area contributed by atoms with Crippen molar-refractivity contribution in [3.63, 3.8) is 0 Å². The smallest absolute Gasteiger partial charge is 0.237 e. The molecule has 0 heterocycles. The van der Waals surface area contributed by atoms with Crippen molar-refractivity contribution < 1.29 is 9.59 Å². The standard InChI is InChI=1S/C12H24N2O2.C2H6/c1-6-10(15)7-13-12(16)11(8(2)3)14-9(4)5;1-2/h8-9,11,14H,6-7H2,1-5H3,(H,13,16);1-2H3. The van der Waals surface area contributed by atoms with Crippen LogP contribution in [0.15, 0.2) is 0 Å². The first-order valence-corrected chi connectivity index (χ1v) is 6.93. The van der Waals surface area contributed by atoms with Gasteiger partial charge in [-0.15, -0.1) is 0 Å². The second-order valence-corrected chi connectivity index (χ2v) is 4.65. The number of carbonyl (C=O) groups is 2. The maximum atomic E-state index is 11.8. The van der Waals surface area contributed by atoms with E-state index >= 15 is 0 Å². The van der Waals surface area contributed by atoms with Crippen LogP contribution in [0.5, 0.6) is 0 Å². The largest absolute Gasteiger partial charge is 0.348 e. The third kappa shape index (κ3) is 9.16. The van der Waals surface area contributed by atoms with Crippen LogP contribution in [0.4, 0.5) is 0 Å². The van der Waals surface area contributed by atoms with E-state index in [2.05, 4.69) is 10.6 Å². The lowest BCUT2D eigenvalue weighted by atomic mass is 10.0. The molecular formula is C14H30N2O2. The lowest BCUT2D eigenvalue weighted by Gasteiger charge is -2.23. The number of nitrogens with one attached hydrogen (secondary N) is 2. The molecule has 1 atom stereocenters. The molecule has 1 amide bonds. The third-order valence-electron chi connectivity index (χ3n) is 2.32. The highest BCUT2D eigenvalue weighted by Gasteiger charge is 2.22. The Kier molecular flexibility index (Phi) is 12.1. The van der Waals surface area contributed by atoms with Gasteiger partial charge in [0.1, 0.15) is 0 Å². The van der Waals surface area contributed by atoms with Gasteiger partial charge in [-0.3, -0.25) is 9.59 Å². The van der Waals surface area contributed by atoms with Crippen LogP contribution in [0.25, 0.3) is 0 Å². The second-order valence-electron chi connectivity index (χ2n) is 4.65. The number of ketones is 1. The fourth-order valence-corrected chi connectivity index (χ4v) is 1.35. The number of amides is 1. The van der Waals surface area contributed by atoms with E-state index < -0.39 is 0 Å². The molecule has 108 valence electrons. The molecule has 1 unspecified atom stereocenters. The Balaban J connectivity index is 0. The first-order valence-electron chi connectivity index (χ1n) is 6.93. The lowest BCUT2D eigenvalue weighted by molar-refractivity contribution is -0.127. The van der Waals surface area contributed by atoms with Crippen molar-refractivity contribution in [3.05, 3.63) is 0 Å². The van der Waals surface area contributed by atoms with Crippen molar-refractivity contribution in [2.75, 3.05) is 6.54 Å². The Bertz CT molecular complexity index is 238. The molecule has 0 rings (SSSR count). The molecule has 18 heavy (non-hydrogen) atoms. The monoisotopic (exact) mass is 258 g/mol. The van der Waals surface area contributed by atoms with Crippen molar-refractivity contribution >= 4 is 11.7 Å².